The Bertz CT molecular complexity index is 504. The lowest BCUT2D eigenvalue weighted by Gasteiger charge is -2.29. The molecule has 5 nitrogen and oxygen atoms in total. The maximum atomic E-state index is 11.9. The monoisotopic (exact) mass is 323 g/mol. The minimum absolute atomic E-state index is 0.0181. The van der Waals surface area contributed by atoms with Crippen molar-refractivity contribution in [2.45, 2.75) is 19.9 Å². The molecule has 0 saturated carbocycles. The minimum atomic E-state index is -0.199. The van der Waals surface area contributed by atoms with E-state index in [1.165, 1.54) is 17.2 Å². The highest BCUT2D eigenvalue weighted by Crippen LogP contribution is 2.24. The second-order valence-corrected chi connectivity index (χ2v) is 6.78. The number of carbonyl (C=O) groups is 1. The van der Waals surface area contributed by atoms with E-state index in [1.54, 1.807) is 7.11 Å². The Morgan fingerprint density at radius 3 is 2.77 bits per heavy atom. The number of amides is 2. The van der Waals surface area contributed by atoms with Gasteiger partial charge in [0.05, 0.1) is 12.6 Å². The summed E-state index contributed by atoms with van der Waals surface area (Å²) in [6, 6.07) is 5.99. The normalized spacial score (nSPS) is 16.2. The van der Waals surface area contributed by atoms with Gasteiger partial charge in [0.1, 0.15) is 0 Å². The van der Waals surface area contributed by atoms with Crippen LogP contribution in [0.25, 0.3) is 0 Å². The average molecular weight is 323 g/mol. The molecule has 1 fully saturated rings. The molecule has 1 heterocycles. The molecule has 122 valence electrons. The second-order valence-electron chi connectivity index (χ2n) is 5.55. The summed E-state index contributed by atoms with van der Waals surface area (Å²) in [6.07, 6.45) is 0. The molecule has 0 radical (unpaired) electrons. The number of carbonyl (C=O) groups excluding carboxylic acids is 1. The summed E-state index contributed by atoms with van der Waals surface area (Å²) in [6.45, 7) is 6.61. The Kier molecular flexibility index (Phi) is 6.39. The van der Waals surface area contributed by atoms with Crippen molar-refractivity contribution in [2.24, 2.45) is 0 Å². The molecule has 1 aromatic rings. The third kappa shape index (κ3) is 4.81. The number of nitrogens with one attached hydrogen (secondary N) is 2. The maximum absolute atomic E-state index is 11.9. The lowest BCUT2D eigenvalue weighted by atomic mass is 10.1. The molecule has 0 unspecified atom stereocenters. The number of urea groups is 1. The first-order chi connectivity index (χ1) is 10.6. The molecule has 1 aromatic carbocycles. The van der Waals surface area contributed by atoms with E-state index in [0.29, 0.717) is 6.61 Å². The molecule has 22 heavy (non-hydrogen) atoms. The van der Waals surface area contributed by atoms with Gasteiger partial charge in [-0.15, -0.1) is 0 Å². The van der Waals surface area contributed by atoms with Gasteiger partial charge in [0.15, 0.2) is 0 Å². The fraction of sp³-hybridized carbons (Fsp3) is 0.562. The lowest BCUT2D eigenvalue weighted by Crippen LogP contribution is -2.38. The largest absolute Gasteiger partial charge is 0.383 e. The standard InChI is InChI=1S/C16H25N3O2S/c1-12-10-14(19-6-8-22-9-7-19)4-5-15(12)18-16(20)17-13(2)11-21-3/h4-5,10,13H,6-9,11H2,1-3H3,(H2,17,18,20)/t13-/m1/s1. The van der Waals surface area contributed by atoms with Gasteiger partial charge in [-0.3, -0.25) is 0 Å². The highest BCUT2D eigenvalue weighted by atomic mass is 32.2. The van der Waals surface area contributed by atoms with Gasteiger partial charge in [0.2, 0.25) is 0 Å². The van der Waals surface area contributed by atoms with Crippen LogP contribution in [0.3, 0.4) is 0 Å². The van der Waals surface area contributed by atoms with Gasteiger partial charge in [0.25, 0.3) is 0 Å². The second kappa shape index (κ2) is 8.29. The van der Waals surface area contributed by atoms with Crippen LogP contribution in [0, 0.1) is 6.92 Å². The van der Waals surface area contributed by atoms with Crippen LogP contribution < -0.4 is 15.5 Å². The average Bonchev–Trinajstić information content (AvgIpc) is 2.50. The minimum Gasteiger partial charge on any atom is -0.383 e. The Morgan fingerprint density at radius 1 is 1.41 bits per heavy atom. The number of benzene rings is 1. The first kappa shape index (κ1) is 17.0. The van der Waals surface area contributed by atoms with Gasteiger partial charge in [-0.1, -0.05) is 0 Å². The number of hydrogen-bond donors (Lipinski definition) is 2. The molecule has 2 rings (SSSR count). The summed E-state index contributed by atoms with van der Waals surface area (Å²) in [5.41, 5.74) is 3.15. The van der Waals surface area contributed by atoms with Crippen molar-refractivity contribution in [3.63, 3.8) is 0 Å². The summed E-state index contributed by atoms with van der Waals surface area (Å²) in [4.78, 5) is 14.3. The van der Waals surface area contributed by atoms with Crippen LogP contribution in [0.2, 0.25) is 0 Å². The van der Waals surface area contributed by atoms with Crippen molar-refractivity contribution in [3.05, 3.63) is 23.8 Å². The number of aryl methyl sites for hydroxylation is 1. The summed E-state index contributed by atoms with van der Waals surface area (Å²) >= 11 is 2.00. The van der Waals surface area contributed by atoms with E-state index < -0.39 is 0 Å². The molecule has 0 aromatic heterocycles. The van der Waals surface area contributed by atoms with Gasteiger partial charge in [-0.25, -0.2) is 4.79 Å². The molecular formula is C16H25N3O2S. The summed E-state index contributed by atoms with van der Waals surface area (Å²) in [7, 11) is 1.62. The Balaban J connectivity index is 1.95. The van der Waals surface area contributed by atoms with E-state index in [0.717, 1.165) is 24.3 Å². The van der Waals surface area contributed by atoms with Crippen molar-refractivity contribution >= 4 is 29.2 Å². The predicted octanol–water partition coefficient (Wildman–Crippen LogP) is 2.70. The number of hydrogen-bond acceptors (Lipinski definition) is 4. The van der Waals surface area contributed by atoms with Gasteiger partial charge < -0.3 is 20.3 Å². The fourth-order valence-electron chi connectivity index (χ4n) is 2.48. The first-order valence-corrected chi connectivity index (χ1v) is 8.75. The Morgan fingerprint density at radius 2 is 2.14 bits per heavy atom. The third-order valence-corrected chi connectivity index (χ3v) is 4.57. The lowest BCUT2D eigenvalue weighted by molar-refractivity contribution is 0.173. The molecule has 0 aliphatic carbocycles. The molecule has 2 N–H and O–H groups in total. The molecule has 0 bridgehead atoms. The van der Waals surface area contributed by atoms with Crippen LogP contribution in [0.5, 0.6) is 0 Å². The molecule has 2 amide bonds. The van der Waals surface area contributed by atoms with Crippen molar-refractivity contribution in [1.82, 2.24) is 5.32 Å². The topological polar surface area (TPSA) is 53.6 Å². The van der Waals surface area contributed by atoms with Crippen molar-refractivity contribution in [3.8, 4) is 0 Å². The Hall–Kier alpha value is -1.40. The van der Waals surface area contributed by atoms with Crippen LogP contribution in [0.15, 0.2) is 18.2 Å². The number of nitrogens with zero attached hydrogens (tertiary/aromatic N) is 1. The van der Waals surface area contributed by atoms with Crippen LogP contribution >= 0.6 is 11.8 Å². The number of ether oxygens (including phenoxy) is 1. The van der Waals surface area contributed by atoms with Crippen molar-refractivity contribution in [1.29, 1.82) is 0 Å². The third-order valence-electron chi connectivity index (χ3n) is 3.63. The van der Waals surface area contributed by atoms with E-state index in [1.807, 2.05) is 31.7 Å². The first-order valence-electron chi connectivity index (χ1n) is 7.60. The number of thioether (sulfide) groups is 1. The van der Waals surface area contributed by atoms with E-state index in [-0.39, 0.29) is 12.1 Å². The van der Waals surface area contributed by atoms with Crippen LogP contribution in [0.1, 0.15) is 12.5 Å². The highest BCUT2D eigenvalue weighted by molar-refractivity contribution is 7.99. The summed E-state index contributed by atoms with van der Waals surface area (Å²) < 4.78 is 5.01. The molecule has 1 aliphatic rings. The van der Waals surface area contributed by atoms with E-state index in [9.17, 15) is 4.79 Å². The molecule has 1 aliphatic heterocycles. The highest BCUT2D eigenvalue weighted by Gasteiger charge is 2.13. The van der Waals surface area contributed by atoms with Gasteiger partial charge in [-0.05, 0) is 37.6 Å². The number of methoxy groups -OCH3 is 1. The maximum Gasteiger partial charge on any atom is 0.319 e. The zero-order valence-electron chi connectivity index (χ0n) is 13.5. The molecule has 0 spiro atoms. The zero-order valence-corrected chi connectivity index (χ0v) is 14.3. The number of rotatable bonds is 5. The SMILES string of the molecule is COC[C@@H](C)NC(=O)Nc1ccc(N2CCSCC2)cc1C. The van der Waals surface area contributed by atoms with Gasteiger partial charge >= 0.3 is 6.03 Å². The van der Waals surface area contributed by atoms with Crippen molar-refractivity contribution in [2.75, 3.05) is 48.5 Å². The predicted molar refractivity (Wildman–Crippen MR) is 94.2 cm³/mol. The molecule has 1 atom stereocenters. The number of anilines is 2. The van der Waals surface area contributed by atoms with Crippen LogP contribution in [-0.4, -0.2) is 50.4 Å². The van der Waals surface area contributed by atoms with Gasteiger partial charge in [-0.2, -0.15) is 11.8 Å². The van der Waals surface area contributed by atoms with Gasteiger partial charge in [0, 0.05) is 43.1 Å². The Labute approximate surface area is 136 Å². The molecule has 6 heteroatoms. The molecule has 1 saturated heterocycles. The van der Waals surface area contributed by atoms with Crippen LogP contribution in [0.4, 0.5) is 16.2 Å². The van der Waals surface area contributed by atoms with E-state index in [4.69, 9.17) is 4.74 Å². The van der Waals surface area contributed by atoms with Crippen molar-refractivity contribution < 1.29 is 9.53 Å². The zero-order chi connectivity index (χ0) is 15.9. The quantitative estimate of drug-likeness (QED) is 0.875. The van der Waals surface area contributed by atoms with E-state index in [2.05, 4.69) is 27.7 Å². The van der Waals surface area contributed by atoms with Crippen LogP contribution in [-0.2, 0) is 4.74 Å². The smallest absolute Gasteiger partial charge is 0.319 e. The van der Waals surface area contributed by atoms with E-state index >= 15 is 0 Å². The summed E-state index contributed by atoms with van der Waals surface area (Å²) in [5, 5.41) is 5.75. The molecular weight excluding hydrogens is 298 g/mol. The summed E-state index contributed by atoms with van der Waals surface area (Å²) in [5.74, 6) is 2.36. The fourth-order valence-corrected chi connectivity index (χ4v) is 3.38.